The topological polar surface area (TPSA) is 77.1 Å². The Bertz CT molecular complexity index is 821. The molecule has 5 nitrogen and oxygen atoms in total. The average molecular weight is 337 g/mol. The molecular weight excluding hydrogens is 314 g/mol. The molecule has 1 aromatic heterocycles. The van der Waals surface area contributed by atoms with Gasteiger partial charge in [-0.05, 0) is 44.9 Å². The van der Waals surface area contributed by atoms with Crippen LogP contribution in [0.1, 0.15) is 34.6 Å². The van der Waals surface area contributed by atoms with Crippen molar-refractivity contribution >= 4 is 11.8 Å². The van der Waals surface area contributed by atoms with Crippen molar-refractivity contribution in [2.24, 2.45) is 11.7 Å². The van der Waals surface area contributed by atoms with Crippen LogP contribution in [-0.2, 0) is 4.79 Å². The first-order valence-corrected chi connectivity index (χ1v) is 8.48. The van der Waals surface area contributed by atoms with E-state index in [0.29, 0.717) is 18.4 Å². The minimum Gasteiger partial charge on any atom is -0.369 e. The number of nitrogens with one attached hydrogen (secondary N) is 1. The molecule has 0 radical (unpaired) electrons. The Morgan fingerprint density at radius 1 is 1.12 bits per heavy atom. The van der Waals surface area contributed by atoms with Crippen molar-refractivity contribution in [1.29, 1.82) is 0 Å². The van der Waals surface area contributed by atoms with Crippen molar-refractivity contribution in [1.82, 2.24) is 9.88 Å². The first kappa shape index (κ1) is 17.0. The van der Waals surface area contributed by atoms with Crippen molar-refractivity contribution in [3.05, 3.63) is 65.5 Å². The molecule has 130 valence electrons. The molecule has 5 heteroatoms. The number of aryl methyl sites for hydroxylation is 1. The zero-order valence-electron chi connectivity index (χ0n) is 14.5. The van der Waals surface area contributed by atoms with Gasteiger partial charge in [0.1, 0.15) is 0 Å². The molecule has 0 saturated carbocycles. The number of nitrogens with zero attached hydrogens (tertiary/aromatic N) is 1. The molecule has 25 heavy (non-hydrogen) atoms. The highest BCUT2D eigenvalue weighted by atomic mass is 16.2. The van der Waals surface area contributed by atoms with Gasteiger partial charge in [0.25, 0.3) is 5.91 Å². The largest absolute Gasteiger partial charge is 0.369 e. The Morgan fingerprint density at radius 2 is 1.80 bits per heavy atom. The van der Waals surface area contributed by atoms with Crippen LogP contribution in [0, 0.1) is 19.8 Å². The van der Waals surface area contributed by atoms with Crippen molar-refractivity contribution in [2.45, 2.75) is 32.7 Å². The minimum absolute atomic E-state index is 0.165. The molecule has 1 heterocycles. The molecular formula is C20H23N3O2. The monoisotopic (exact) mass is 337 g/mol. The van der Waals surface area contributed by atoms with E-state index in [0.717, 1.165) is 17.1 Å². The normalized spacial score (nSPS) is 19.6. The molecule has 1 aromatic carbocycles. The van der Waals surface area contributed by atoms with Gasteiger partial charge in [-0.3, -0.25) is 9.59 Å². The lowest BCUT2D eigenvalue weighted by Crippen LogP contribution is -2.46. The van der Waals surface area contributed by atoms with Gasteiger partial charge in [0, 0.05) is 23.1 Å². The molecule has 1 aliphatic carbocycles. The number of hydrogen-bond donors (Lipinski definition) is 2. The molecule has 3 rings (SSSR count). The third-order valence-electron chi connectivity index (χ3n) is 4.80. The molecule has 0 spiro atoms. The van der Waals surface area contributed by atoms with Crippen molar-refractivity contribution in [3.8, 4) is 5.69 Å². The standard InChI is InChI=1S/C20H23N3O2/c1-13-12-17(14(2)23(13)15-8-4-3-5-9-15)20(25)22-18-11-7-6-10-16(18)19(21)24/h3-9,12,16,18H,10-11H2,1-2H3,(H2,21,24)(H,22,25). The number of amides is 2. The number of primary amides is 1. The van der Waals surface area contributed by atoms with Crippen LogP contribution < -0.4 is 11.1 Å². The summed E-state index contributed by atoms with van der Waals surface area (Å²) in [6.45, 7) is 3.91. The van der Waals surface area contributed by atoms with Gasteiger partial charge in [0.15, 0.2) is 0 Å². The Kier molecular flexibility index (Phi) is 4.74. The smallest absolute Gasteiger partial charge is 0.253 e. The van der Waals surface area contributed by atoms with Crippen LogP contribution in [0.2, 0.25) is 0 Å². The Labute approximate surface area is 147 Å². The predicted molar refractivity (Wildman–Crippen MR) is 97.6 cm³/mol. The maximum atomic E-state index is 12.8. The fourth-order valence-corrected chi connectivity index (χ4v) is 3.50. The number of rotatable bonds is 4. The number of carbonyl (C=O) groups excluding carboxylic acids is 2. The lowest BCUT2D eigenvalue weighted by Gasteiger charge is -2.26. The second-order valence-corrected chi connectivity index (χ2v) is 6.49. The molecule has 0 fully saturated rings. The molecule has 2 atom stereocenters. The Hall–Kier alpha value is -2.82. The van der Waals surface area contributed by atoms with Gasteiger partial charge >= 0.3 is 0 Å². The highest BCUT2D eigenvalue weighted by Gasteiger charge is 2.29. The van der Waals surface area contributed by atoms with Gasteiger partial charge in [0.05, 0.1) is 11.5 Å². The summed E-state index contributed by atoms with van der Waals surface area (Å²) in [6.07, 6.45) is 5.12. The van der Waals surface area contributed by atoms with E-state index in [-0.39, 0.29) is 23.8 Å². The summed E-state index contributed by atoms with van der Waals surface area (Å²) < 4.78 is 2.06. The average Bonchev–Trinajstić information content (AvgIpc) is 2.90. The third kappa shape index (κ3) is 3.36. The highest BCUT2D eigenvalue weighted by molar-refractivity contribution is 5.96. The fraction of sp³-hybridized carbons (Fsp3) is 0.300. The fourth-order valence-electron chi connectivity index (χ4n) is 3.50. The van der Waals surface area contributed by atoms with Gasteiger partial charge in [-0.1, -0.05) is 30.4 Å². The van der Waals surface area contributed by atoms with Crippen molar-refractivity contribution in [2.75, 3.05) is 0 Å². The van der Waals surface area contributed by atoms with Crippen LogP contribution >= 0.6 is 0 Å². The van der Waals surface area contributed by atoms with E-state index in [4.69, 9.17) is 5.73 Å². The Morgan fingerprint density at radius 3 is 2.48 bits per heavy atom. The number of nitrogens with two attached hydrogens (primary N) is 1. The number of benzene rings is 1. The van der Waals surface area contributed by atoms with Gasteiger partial charge in [-0.2, -0.15) is 0 Å². The van der Waals surface area contributed by atoms with E-state index in [1.807, 2.05) is 62.4 Å². The van der Waals surface area contributed by atoms with E-state index in [9.17, 15) is 9.59 Å². The summed E-state index contributed by atoms with van der Waals surface area (Å²) >= 11 is 0. The molecule has 0 aliphatic heterocycles. The lowest BCUT2D eigenvalue weighted by atomic mass is 9.88. The van der Waals surface area contributed by atoms with Crippen LogP contribution in [0.3, 0.4) is 0 Å². The zero-order chi connectivity index (χ0) is 18.0. The van der Waals surface area contributed by atoms with Crippen LogP contribution in [0.4, 0.5) is 0 Å². The summed E-state index contributed by atoms with van der Waals surface area (Å²) in [7, 11) is 0. The lowest BCUT2D eigenvalue weighted by molar-refractivity contribution is -0.122. The van der Waals surface area contributed by atoms with Crippen LogP contribution in [0.5, 0.6) is 0 Å². The van der Waals surface area contributed by atoms with Gasteiger partial charge < -0.3 is 15.6 Å². The number of aromatic nitrogens is 1. The molecule has 0 saturated heterocycles. The maximum absolute atomic E-state index is 12.8. The SMILES string of the molecule is Cc1cc(C(=O)NC2CC=CCC2C(N)=O)c(C)n1-c1ccccc1. The minimum atomic E-state index is -0.371. The van der Waals surface area contributed by atoms with Crippen LogP contribution in [-0.4, -0.2) is 22.4 Å². The quantitative estimate of drug-likeness (QED) is 0.842. The molecule has 0 bridgehead atoms. The number of carbonyl (C=O) groups is 2. The van der Waals surface area contributed by atoms with Gasteiger partial charge in [-0.25, -0.2) is 0 Å². The molecule has 2 amide bonds. The number of para-hydroxylation sites is 1. The van der Waals surface area contributed by atoms with E-state index in [2.05, 4.69) is 9.88 Å². The summed E-state index contributed by atoms with van der Waals surface area (Å²) in [4.78, 5) is 24.4. The van der Waals surface area contributed by atoms with E-state index >= 15 is 0 Å². The molecule has 3 N–H and O–H groups in total. The van der Waals surface area contributed by atoms with E-state index in [1.54, 1.807) is 0 Å². The summed E-state index contributed by atoms with van der Waals surface area (Å²) in [6, 6.07) is 11.6. The number of allylic oxidation sites excluding steroid dienone is 1. The molecule has 2 unspecified atom stereocenters. The second-order valence-electron chi connectivity index (χ2n) is 6.49. The van der Waals surface area contributed by atoms with Crippen LogP contribution in [0.25, 0.3) is 5.69 Å². The van der Waals surface area contributed by atoms with Crippen molar-refractivity contribution < 1.29 is 9.59 Å². The van der Waals surface area contributed by atoms with Crippen LogP contribution in [0.15, 0.2) is 48.6 Å². The summed E-state index contributed by atoms with van der Waals surface area (Å²) in [5.74, 6) is -0.891. The molecule has 2 aromatic rings. The van der Waals surface area contributed by atoms with Crippen molar-refractivity contribution in [3.63, 3.8) is 0 Å². The van der Waals surface area contributed by atoms with E-state index < -0.39 is 0 Å². The van der Waals surface area contributed by atoms with E-state index in [1.165, 1.54) is 0 Å². The predicted octanol–water partition coefficient (Wildman–Crippen LogP) is 2.64. The van der Waals surface area contributed by atoms with Gasteiger partial charge in [0.2, 0.25) is 5.91 Å². The second kappa shape index (κ2) is 6.97. The molecule has 1 aliphatic rings. The highest BCUT2D eigenvalue weighted by Crippen LogP contribution is 2.23. The summed E-state index contributed by atoms with van der Waals surface area (Å²) in [5, 5.41) is 3.00. The third-order valence-corrected chi connectivity index (χ3v) is 4.80. The first-order chi connectivity index (χ1) is 12.0. The first-order valence-electron chi connectivity index (χ1n) is 8.48. The van der Waals surface area contributed by atoms with Gasteiger partial charge in [-0.15, -0.1) is 0 Å². The maximum Gasteiger partial charge on any atom is 0.253 e. The zero-order valence-corrected chi connectivity index (χ0v) is 14.5. The Balaban J connectivity index is 1.86. The summed E-state index contributed by atoms with van der Waals surface area (Å²) in [5.41, 5.74) is 8.99. The number of hydrogen-bond acceptors (Lipinski definition) is 2.